The number of hydrogen-bond acceptors (Lipinski definition) is 5. The van der Waals surface area contributed by atoms with Crippen LogP contribution in [0.15, 0.2) is 280 Å². The first kappa shape index (κ1) is 48.9. The molecule has 0 radical (unpaired) electrons. The summed E-state index contributed by atoms with van der Waals surface area (Å²) in [6.07, 6.45) is 19.1. The maximum atomic E-state index is 6.60. The van der Waals surface area contributed by atoms with Gasteiger partial charge < -0.3 is 14.2 Å². The Kier molecular flexibility index (Phi) is 8.30. The van der Waals surface area contributed by atoms with Crippen molar-refractivity contribution in [1.82, 2.24) is 9.97 Å². The molecule has 10 aromatic carbocycles. The van der Waals surface area contributed by atoms with Crippen molar-refractivity contribution in [3.05, 3.63) is 314 Å². The third-order valence-corrected chi connectivity index (χ3v) is 22.8. The zero-order valence-electron chi connectivity index (χ0n) is 50.9. The van der Waals surface area contributed by atoms with Gasteiger partial charge in [0.2, 0.25) is 33.6 Å². The summed E-state index contributed by atoms with van der Waals surface area (Å²) in [7, 11) is 0. The molecule has 0 saturated heterocycles. The second kappa shape index (κ2) is 16.3. The average molecular weight is 1230 g/mol. The average Bonchev–Trinajstić information content (AvgIpc) is 1.50. The van der Waals surface area contributed by atoms with Crippen LogP contribution in [0.1, 0.15) is 33.4 Å². The Labute approximate surface area is 544 Å². The minimum absolute atomic E-state index is 0.477. The number of nitrogens with zero attached hydrogens (tertiary/aromatic N) is 8. The molecule has 3 spiro atoms. The number of hydrogen-bond donors (Lipinski definition) is 0. The summed E-state index contributed by atoms with van der Waals surface area (Å²) in [4.78, 5) is 9.28. The smallest absolute Gasteiger partial charge is 0.425 e. The zero-order chi connectivity index (χ0) is 61.8. The minimum Gasteiger partial charge on any atom is -0.456 e. The van der Waals surface area contributed by atoms with Crippen molar-refractivity contribution in [2.45, 2.75) is 17.0 Å². The SMILES string of the molecule is c1cc2c3c(c1)-c1cccc[n+]1C31c3c(ccc4c5ccccc5c5ccc[n+]1c5c34)O2.c1cc2c3c(c1)-c1cccc[n+]1C31c3c(ccc4c5cnccc5c5ccc[n+]1c5c34)O2.c1cc2c3c(c1)-c1cccc[n+]1C31c3c(ccc4c5ncccc5c5ccc[n+]1c5c34)O2. The first-order chi connectivity index (χ1) is 47.7. The molecule has 8 aromatic heterocycles. The van der Waals surface area contributed by atoms with Crippen molar-refractivity contribution >= 4 is 97.5 Å². The summed E-state index contributed by atoms with van der Waals surface area (Å²) in [5, 5.41) is 17.5. The molecule has 438 valence electrons. The third-order valence-electron chi connectivity index (χ3n) is 22.8. The largest absolute Gasteiger partial charge is 0.456 e. The topological polar surface area (TPSA) is 76.8 Å². The maximum absolute atomic E-state index is 6.60. The fourth-order valence-electron chi connectivity index (χ4n) is 19.7. The van der Waals surface area contributed by atoms with Crippen LogP contribution < -0.4 is 41.6 Å². The Morgan fingerprint density at radius 3 is 1.11 bits per heavy atom. The van der Waals surface area contributed by atoms with E-state index in [9.17, 15) is 0 Å². The van der Waals surface area contributed by atoms with Gasteiger partial charge in [-0.3, -0.25) is 9.97 Å². The summed E-state index contributed by atoms with van der Waals surface area (Å²) >= 11 is 0. The normalized spacial score (nSPS) is 18.4. The van der Waals surface area contributed by atoms with E-state index >= 15 is 0 Å². The Morgan fingerprint density at radius 1 is 0.250 bits per heavy atom. The summed E-state index contributed by atoms with van der Waals surface area (Å²) in [5.41, 5.74) is 18.1. The Morgan fingerprint density at radius 2 is 0.625 bits per heavy atom. The summed E-state index contributed by atoms with van der Waals surface area (Å²) in [6.45, 7) is 0. The van der Waals surface area contributed by atoms with Gasteiger partial charge in [0.15, 0.2) is 70.6 Å². The molecule has 96 heavy (non-hydrogen) atoms. The predicted molar refractivity (Wildman–Crippen MR) is 364 cm³/mol. The van der Waals surface area contributed by atoms with Gasteiger partial charge in [-0.1, -0.05) is 48.5 Å². The quantitative estimate of drug-likeness (QED) is 0.112. The molecule has 17 heterocycles. The van der Waals surface area contributed by atoms with Crippen LogP contribution in [0.5, 0.6) is 34.5 Å². The molecule has 0 saturated carbocycles. The van der Waals surface area contributed by atoms with E-state index in [0.717, 1.165) is 40.0 Å². The van der Waals surface area contributed by atoms with Gasteiger partial charge in [0.1, 0.15) is 34.5 Å². The van der Waals surface area contributed by atoms with E-state index in [-0.39, 0.29) is 0 Å². The fourth-order valence-corrected chi connectivity index (χ4v) is 19.7. The lowest BCUT2D eigenvalue weighted by molar-refractivity contribution is -0.950. The molecule has 0 aliphatic carbocycles. The van der Waals surface area contributed by atoms with Gasteiger partial charge in [-0.2, -0.15) is 0 Å². The van der Waals surface area contributed by atoms with Gasteiger partial charge in [-0.05, 0) is 148 Å². The second-order valence-corrected chi connectivity index (χ2v) is 26.6. The Hall–Kier alpha value is -12.9. The Balaban J connectivity index is 0.0000000865. The van der Waals surface area contributed by atoms with Gasteiger partial charge in [0.25, 0.3) is 0 Å². The standard InChI is InChI=1S/C29H16N2O.2C28H15N3O/c1-2-8-18-17(7-1)19-13-14-24-27-25(19)28-20(18)10-6-16-31(28)29(27)26-21(9-5-12-23(26)32-24)22-11-3-4-15-30(22)29;1-2-14-30-20(9-1)18-6-3-10-21-24(18)28(30)25-22(32-21)12-11-19-23(25)27-17(8-5-15-31(27)28)16-7-4-13-29-26(16)19;1-2-13-30-21(7-1)19-5-3-8-22-25(19)28(30)26-23(32-22)10-9-17-20-15-29-12-11-16(20)18-6-4-14-31(28)27(18)24(17)26/h1-16H;2*1-15H/q3*+2. The van der Waals surface area contributed by atoms with E-state index in [2.05, 4.69) is 288 Å². The maximum Gasteiger partial charge on any atom is 0.425 e. The summed E-state index contributed by atoms with van der Waals surface area (Å²) in [6, 6.07) is 80.1. The zero-order valence-corrected chi connectivity index (χ0v) is 50.9. The number of aromatic nitrogens is 8. The highest BCUT2D eigenvalue weighted by Gasteiger charge is 2.73. The molecule has 0 N–H and O–H groups in total. The molecule has 0 bridgehead atoms. The lowest BCUT2D eigenvalue weighted by Crippen LogP contribution is -2.71. The van der Waals surface area contributed by atoms with Gasteiger partial charge in [0.05, 0.1) is 54.5 Å². The molecule has 9 aliphatic heterocycles. The fraction of sp³-hybridized carbons (Fsp3) is 0.0353. The van der Waals surface area contributed by atoms with Crippen LogP contribution in [0.4, 0.5) is 0 Å². The number of fused-ring (bicyclic) bond motifs is 15. The molecule has 0 amide bonds. The lowest BCUT2D eigenvalue weighted by Gasteiger charge is -2.25. The molecular formula is C85H46N8O3+6. The van der Waals surface area contributed by atoms with E-state index < -0.39 is 17.0 Å². The van der Waals surface area contributed by atoms with Gasteiger partial charge in [-0.15, -0.1) is 27.4 Å². The van der Waals surface area contributed by atoms with Crippen LogP contribution in [0.25, 0.3) is 131 Å². The van der Waals surface area contributed by atoms with Crippen molar-refractivity contribution in [3.8, 4) is 68.3 Å². The van der Waals surface area contributed by atoms with Crippen LogP contribution >= 0.6 is 0 Å². The molecule has 18 aromatic rings. The van der Waals surface area contributed by atoms with Gasteiger partial charge in [0, 0.05) is 89.3 Å². The minimum atomic E-state index is -0.505. The highest BCUT2D eigenvalue weighted by molar-refractivity contribution is 6.27. The molecule has 27 rings (SSSR count). The molecule has 9 aliphatic rings. The highest BCUT2D eigenvalue weighted by atomic mass is 16.5. The molecular weight excluding hydrogens is 1180 g/mol. The van der Waals surface area contributed by atoms with Gasteiger partial charge >= 0.3 is 17.0 Å². The van der Waals surface area contributed by atoms with Crippen molar-refractivity contribution in [2.75, 3.05) is 0 Å². The second-order valence-electron chi connectivity index (χ2n) is 26.6. The van der Waals surface area contributed by atoms with E-state index in [1.54, 1.807) is 0 Å². The predicted octanol–water partition coefficient (Wildman–Crippen LogP) is 15.0. The summed E-state index contributed by atoms with van der Waals surface area (Å²) in [5.74, 6) is 5.61. The number of ether oxygens (including phenoxy) is 3. The van der Waals surface area contributed by atoms with E-state index in [1.165, 1.54) is 159 Å². The van der Waals surface area contributed by atoms with Crippen molar-refractivity contribution < 1.29 is 41.6 Å². The monoisotopic (exact) mass is 1230 g/mol. The van der Waals surface area contributed by atoms with Crippen molar-refractivity contribution in [2.24, 2.45) is 0 Å². The van der Waals surface area contributed by atoms with Crippen LogP contribution in [-0.2, 0) is 17.0 Å². The van der Waals surface area contributed by atoms with Crippen LogP contribution in [0.2, 0.25) is 0 Å². The highest BCUT2D eigenvalue weighted by Crippen LogP contribution is 2.62. The number of pyridine rings is 8. The van der Waals surface area contributed by atoms with E-state index in [1.807, 2.05) is 24.7 Å². The molecule has 3 atom stereocenters. The van der Waals surface area contributed by atoms with E-state index in [4.69, 9.17) is 19.2 Å². The number of rotatable bonds is 0. The first-order valence-corrected chi connectivity index (χ1v) is 32.8. The van der Waals surface area contributed by atoms with Crippen LogP contribution in [0, 0.1) is 0 Å². The van der Waals surface area contributed by atoms with Crippen LogP contribution in [0.3, 0.4) is 0 Å². The van der Waals surface area contributed by atoms with E-state index in [0.29, 0.717) is 0 Å². The molecule has 11 nitrogen and oxygen atoms in total. The Bertz CT molecular complexity index is 6270. The molecule has 11 heteroatoms. The van der Waals surface area contributed by atoms with Crippen LogP contribution in [-0.4, -0.2) is 9.97 Å². The van der Waals surface area contributed by atoms with Crippen molar-refractivity contribution in [3.63, 3.8) is 0 Å². The first-order valence-electron chi connectivity index (χ1n) is 32.8. The lowest BCUT2D eigenvalue weighted by atomic mass is 9.85. The molecule has 3 unspecified atom stereocenters. The summed E-state index contributed by atoms with van der Waals surface area (Å²) < 4.78 is 34.5. The van der Waals surface area contributed by atoms with Crippen molar-refractivity contribution in [1.29, 1.82) is 0 Å². The number of benzene rings is 10. The van der Waals surface area contributed by atoms with Gasteiger partial charge in [-0.25, -0.2) is 0 Å². The third kappa shape index (κ3) is 5.08. The molecule has 0 fully saturated rings.